The van der Waals surface area contributed by atoms with Crippen molar-refractivity contribution in [2.75, 3.05) is 9.80 Å². The zero-order chi connectivity index (χ0) is 53.9. The van der Waals surface area contributed by atoms with Gasteiger partial charge in [0.05, 0.1) is 0 Å². The van der Waals surface area contributed by atoms with E-state index in [1.807, 2.05) is 12.1 Å². The zero-order valence-corrected chi connectivity index (χ0v) is 48.2. The van der Waals surface area contributed by atoms with Crippen LogP contribution in [-0.4, -0.2) is 21.7 Å². The highest BCUT2D eigenvalue weighted by molar-refractivity contribution is 7.00. The summed E-state index contributed by atoms with van der Waals surface area (Å²) in [6.45, 7) is 42.0. The van der Waals surface area contributed by atoms with Crippen molar-refractivity contribution in [3.05, 3.63) is 179 Å². The third-order valence-electron chi connectivity index (χ3n) is 15.6. The first kappa shape index (κ1) is 51.7. The lowest BCUT2D eigenvalue weighted by molar-refractivity contribution is 0.568. The molecule has 0 saturated carbocycles. The second kappa shape index (κ2) is 17.9. The molecule has 7 aromatic carbocycles. The maximum atomic E-state index is 5.45. The molecular formula is C69H78BN5. The van der Waals surface area contributed by atoms with Gasteiger partial charge in [-0.1, -0.05) is 222 Å². The normalized spacial score (nSPS) is 13.9. The molecule has 0 spiro atoms. The first-order valence-electron chi connectivity index (χ1n) is 27.2. The van der Waals surface area contributed by atoms with Gasteiger partial charge in [0, 0.05) is 50.8 Å². The van der Waals surface area contributed by atoms with Crippen LogP contribution in [0.5, 0.6) is 0 Å². The fourth-order valence-electron chi connectivity index (χ4n) is 10.8. The standard InChI is InChI=1S/C69H78BN5/c1-64(2,3)46-29-31-56-54(41-46)70-55-42-47(65(4,5)6)30-32-57(55)75(53-39-50(68(13,14)15)36-51(40-53)69(16,17)18)59-34-45(63-72-61(43-25-21-19-22-26-43)71-62(73-63)44-27-23-20-24-28-44)33-58(60(59)70)74(56)52-37-48(66(7,8)9)35-49(38-52)67(10,11)12/h19-42H,1-18H3. The van der Waals surface area contributed by atoms with Crippen molar-refractivity contribution in [3.8, 4) is 34.2 Å². The zero-order valence-electron chi connectivity index (χ0n) is 48.2. The number of anilines is 6. The minimum absolute atomic E-state index is 0.0858. The van der Waals surface area contributed by atoms with E-state index in [9.17, 15) is 0 Å². The molecule has 0 N–H and O–H groups in total. The molecule has 2 aliphatic heterocycles. The Labute approximate surface area is 450 Å². The van der Waals surface area contributed by atoms with E-state index in [0.29, 0.717) is 17.5 Å². The second-order valence-corrected chi connectivity index (χ2v) is 27.7. The number of aromatic nitrogens is 3. The molecule has 0 fully saturated rings. The van der Waals surface area contributed by atoms with Crippen LogP contribution in [0.4, 0.5) is 34.1 Å². The van der Waals surface area contributed by atoms with Gasteiger partial charge in [-0.15, -0.1) is 0 Å². The molecule has 75 heavy (non-hydrogen) atoms. The average molecular weight is 988 g/mol. The Morgan fingerprint density at radius 2 is 0.600 bits per heavy atom. The number of nitrogens with zero attached hydrogens (tertiary/aromatic N) is 5. The van der Waals surface area contributed by atoms with Crippen LogP contribution in [0.15, 0.2) is 146 Å². The molecule has 3 heterocycles. The van der Waals surface area contributed by atoms with Crippen molar-refractivity contribution in [1.82, 2.24) is 15.0 Å². The van der Waals surface area contributed by atoms with Gasteiger partial charge < -0.3 is 9.80 Å². The summed E-state index contributed by atoms with van der Waals surface area (Å²) < 4.78 is 0. The topological polar surface area (TPSA) is 45.2 Å². The quantitative estimate of drug-likeness (QED) is 0.161. The molecule has 6 heteroatoms. The Balaban J connectivity index is 1.41. The maximum Gasteiger partial charge on any atom is 0.252 e. The smallest absolute Gasteiger partial charge is 0.252 e. The lowest BCUT2D eigenvalue weighted by Gasteiger charge is -2.45. The van der Waals surface area contributed by atoms with Gasteiger partial charge in [0.1, 0.15) is 0 Å². The first-order valence-corrected chi connectivity index (χ1v) is 27.2. The van der Waals surface area contributed by atoms with E-state index in [0.717, 1.165) is 39.4 Å². The predicted octanol–water partition coefficient (Wildman–Crippen LogP) is 16.7. The summed E-state index contributed by atoms with van der Waals surface area (Å²) in [4.78, 5) is 21.3. The van der Waals surface area contributed by atoms with Crippen LogP contribution in [0, 0.1) is 0 Å². The molecule has 382 valence electrons. The van der Waals surface area contributed by atoms with Crippen molar-refractivity contribution in [3.63, 3.8) is 0 Å². The van der Waals surface area contributed by atoms with E-state index in [1.54, 1.807) is 0 Å². The van der Waals surface area contributed by atoms with Crippen LogP contribution in [0.2, 0.25) is 0 Å². The van der Waals surface area contributed by atoms with Gasteiger partial charge in [-0.25, -0.2) is 15.0 Å². The fourth-order valence-corrected chi connectivity index (χ4v) is 10.8. The van der Waals surface area contributed by atoms with Crippen molar-refractivity contribution in [2.45, 2.75) is 157 Å². The monoisotopic (exact) mass is 988 g/mol. The van der Waals surface area contributed by atoms with Crippen molar-refractivity contribution in [2.24, 2.45) is 0 Å². The second-order valence-electron chi connectivity index (χ2n) is 27.7. The molecule has 0 atom stereocenters. The van der Waals surface area contributed by atoms with Gasteiger partial charge >= 0.3 is 0 Å². The van der Waals surface area contributed by atoms with E-state index < -0.39 is 0 Å². The van der Waals surface area contributed by atoms with E-state index >= 15 is 0 Å². The van der Waals surface area contributed by atoms with Crippen molar-refractivity contribution in [1.29, 1.82) is 0 Å². The molecule has 0 radical (unpaired) electrons. The minimum Gasteiger partial charge on any atom is -0.311 e. The van der Waals surface area contributed by atoms with E-state index in [2.05, 4.69) is 268 Å². The fraction of sp³-hybridized carbons (Fsp3) is 0.348. The summed E-state index contributed by atoms with van der Waals surface area (Å²) in [7, 11) is 0. The Morgan fingerprint density at radius 3 is 0.907 bits per heavy atom. The lowest BCUT2D eigenvalue weighted by atomic mass is 9.33. The Morgan fingerprint density at radius 1 is 0.293 bits per heavy atom. The summed E-state index contributed by atoms with van der Waals surface area (Å²) in [6, 6.07) is 54.8. The van der Waals surface area contributed by atoms with Crippen molar-refractivity contribution < 1.29 is 0 Å². The van der Waals surface area contributed by atoms with E-state index in [-0.39, 0.29) is 39.2 Å². The number of benzene rings is 7. The summed E-state index contributed by atoms with van der Waals surface area (Å²) in [5.74, 6) is 1.90. The summed E-state index contributed by atoms with van der Waals surface area (Å²) in [6.07, 6.45) is 0. The molecule has 0 bridgehead atoms. The molecule has 10 rings (SSSR count). The highest BCUT2D eigenvalue weighted by Gasteiger charge is 2.45. The molecule has 2 aliphatic rings. The molecule has 8 aromatic rings. The summed E-state index contributed by atoms with van der Waals surface area (Å²) in [5, 5.41) is 0. The molecule has 0 amide bonds. The van der Waals surface area contributed by atoms with Crippen LogP contribution < -0.4 is 26.2 Å². The number of rotatable bonds is 5. The Kier molecular flexibility index (Phi) is 12.4. The van der Waals surface area contributed by atoms with E-state index in [1.165, 1.54) is 61.1 Å². The van der Waals surface area contributed by atoms with Crippen molar-refractivity contribution >= 4 is 57.2 Å². The third-order valence-corrected chi connectivity index (χ3v) is 15.6. The van der Waals surface area contributed by atoms with Gasteiger partial charge in [0.25, 0.3) is 6.71 Å². The Bertz CT molecular complexity index is 3210. The SMILES string of the molecule is CC(C)(C)c1cc(N2c3ccc(C(C)(C)C)cc3B3c4cc(C(C)(C)C)ccc4N(c4cc(C(C)(C)C)cc(C(C)(C)C)c4)c4cc(-c5nc(-c6ccccc6)nc(-c6ccccc6)n5)cc2c43)cc(C(C)(C)C)c1. The number of hydrogen-bond donors (Lipinski definition) is 0. The number of hydrogen-bond acceptors (Lipinski definition) is 5. The van der Waals surface area contributed by atoms with Gasteiger partial charge in [0.2, 0.25) is 0 Å². The highest BCUT2D eigenvalue weighted by atomic mass is 15.2. The highest BCUT2D eigenvalue weighted by Crippen LogP contribution is 2.49. The molecule has 0 unspecified atom stereocenters. The summed E-state index contributed by atoms with van der Waals surface area (Å²) >= 11 is 0. The molecule has 5 nitrogen and oxygen atoms in total. The van der Waals surface area contributed by atoms with Gasteiger partial charge in [0.15, 0.2) is 17.5 Å². The van der Waals surface area contributed by atoms with Crippen LogP contribution >= 0.6 is 0 Å². The molecule has 0 aliphatic carbocycles. The minimum atomic E-state index is -0.108. The number of fused-ring (bicyclic) bond motifs is 4. The third kappa shape index (κ3) is 9.75. The Hall–Kier alpha value is -6.79. The van der Waals surface area contributed by atoms with Crippen LogP contribution in [-0.2, 0) is 32.5 Å². The summed E-state index contributed by atoms with van der Waals surface area (Å²) in [5.41, 5.74) is 20.8. The van der Waals surface area contributed by atoms with E-state index in [4.69, 9.17) is 15.0 Å². The van der Waals surface area contributed by atoms with Crippen LogP contribution in [0.25, 0.3) is 34.2 Å². The van der Waals surface area contributed by atoms with Crippen LogP contribution in [0.3, 0.4) is 0 Å². The van der Waals surface area contributed by atoms with Crippen LogP contribution in [0.1, 0.15) is 158 Å². The predicted molar refractivity (Wildman–Crippen MR) is 322 cm³/mol. The molecule has 0 saturated heterocycles. The first-order chi connectivity index (χ1) is 34.9. The van der Waals surface area contributed by atoms with Gasteiger partial charge in [-0.3, -0.25) is 0 Å². The molecular weight excluding hydrogens is 910 g/mol. The molecule has 1 aromatic heterocycles. The average Bonchev–Trinajstić information content (AvgIpc) is 3.35. The van der Waals surface area contributed by atoms with Gasteiger partial charge in [-0.05, 0) is 131 Å². The largest absolute Gasteiger partial charge is 0.311 e. The van der Waals surface area contributed by atoms with Gasteiger partial charge in [-0.2, -0.15) is 0 Å². The maximum absolute atomic E-state index is 5.45. The lowest BCUT2D eigenvalue weighted by Crippen LogP contribution is -2.61.